The van der Waals surface area contributed by atoms with Crippen molar-refractivity contribution in [2.45, 2.75) is 83.4 Å². The van der Waals surface area contributed by atoms with Gasteiger partial charge in [0.1, 0.15) is 18.7 Å². The first kappa shape index (κ1) is 27.2. The summed E-state index contributed by atoms with van der Waals surface area (Å²) < 4.78 is 9.50. The Bertz CT molecular complexity index is 1370. The number of anilines is 1. The maximum atomic E-state index is 12.8. The highest BCUT2D eigenvalue weighted by molar-refractivity contribution is 6.76. The number of carboxylic acids is 1. The van der Waals surface area contributed by atoms with Gasteiger partial charge in [0, 0.05) is 45.3 Å². The Labute approximate surface area is 228 Å². The van der Waals surface area contributed by atoms with Gasteiger partial charge in [-0.15, -0.1) is 0 Å². The Balaban J connectivity index is 1.55. The van der Waals surface area contributed by atoms with Gasteiger partial charge in [0.15, 0.2) is 5.82 Å². The lowest BCUT2D eigenvalue weighted by atomic mass is 9.95. The van der Waals surface area contributed by atoms with E-state index in [1.54, 1.807) is 10.9 Å². The van der Waals surface area contributed by atoms with Crippen LogP contribution >= 0.6 is 0 Å². The van der Waals surface area contributed by atoms with E-state index < -0.39 is 14.0 Å². The fourth-order valence-electron chi connectivity index (χ4n) is 5.56. The molecule has 2 aliphatic rings. The van der Waals surface area contributed by atoms with E-state index in [0.29, 0.717) is 30.2 Å². The smallest absolute Gasteiger partial charge is 0.305 e. The molecule has 208 valence electrons. The van der Waals surface area contributed by atoms with E-state index in [9.17, 15) is 19.5 Å². The van der Waals surface area contributed by atoms with Crippen LogP contribution in [0.5, 0.6) is 0 Å². The number of imide groups is 1. The Morgan fingerprint density at radius 2 is 1.87 bits per heavy atom. The number of ether oxygens (including phenoxy) is 1. The molecule has 2 fully saturated rings. The number of fused-ring (bicyclic) bond motifs is 1. The SMILES string of the molecule is C[Si](C)(C)CCOCn1ccc2c(-c3cn([C@H](CC(=O)O)C4CCCC4)nc3N3C(=O)CCC3=O)ncnc21. The Morgan fingerprint density at radius 3 is 2.54 bits per heavy atom. The molecule has 1 aliphatic heterocycles. The minimum atomic E-state index is -1.21. The summed E-state index contributed by atoms with van der Waals surface area (Å²) in [6, 6.07) is 2.57. The van der Waals surface area contributed by atoms with Crippen molar-refractivity contribution in [3.05, 3.63) is 24.8 Å². The van der Waals surface area contributed by atoms with Crippen LogP contribution in [0.3, 0.4) is 0 Å². The average molecular weight is 553 g/mol. The zero-order valence-corrected chi connectivity index (χ0v) is 23.8. The Morgan fingerprint density at radius 1 is 1.15 bits per heavy atom. The number of carbonyl (C=O) groups is 3. The lowest BCUT2D eigenvalue weighted by Gasteiger charge is -2.22. The van der Waals surface area contributed by atoms with Crippen molar-refractivity contribution < 1.29 is 24.2 Å². The van der Waals surface area contributed by atoms with E-state index >= 15 is 0 Å². The van der Waals surface area contributed by atoms with Crippen molar-refractivity contribution in [1.29, 1.82) is 0 Å². The van der Waals surface area contributed by atoms with Crippen LogP contribution in [0, 0.1) is 5.92 Å². The van der Waals surface area contributed by atoms with Crippen LogP contribution < -0.4 is 4.90 Å². The minimum absolute atomic E-state index is 0.0859. The number of nitrogens with zero attached hydrogens (tertiary/aromatic N) is 6. The van der Waals surface area contributed by atoms with Gasteiger partial charge >= 0.3 is 5.97 Å². The molecule has 0 bridgehead atoms. The fourth-order valence-corrected chi connectivity index (χ4v) is 6.31. The van der Waals surface area contributed by atoms with E-state index in [1.807, 2.05) is 16.8 Å². The number of carboxylic acid groups (broad SMARTS) is 1. The number of hydrogen-bond acceptors (Lipinski definition) is 7. The number of rotatable bonds is 11. The molecule has 1 saturated heterocycles. The molecular weight excluding hydrogens is 516 g/mol. The summed E-state index contributed by atoms with van der Waals surface area (Å²) in [4.78, 5) is 47.5. The van der Waals surface area contributed by atoms with Gasteiger partial charge in [-0.2, -0.15) is 5.10 Å². The molecule has 2 amide bonds. The molecule has 11 nitrogen and oxygen atoms in total. The molecule has 0 unspecified atom stereocenters. The minimum Gasteiger partial charge on any atom is -0.481 e. The third-order valence-corrected chi connectivity index (χ3v) is 9.39. The van der Waals surface area contributed by atoms with Gasteiger partial charge in [-0.05, 0) is 30.9 Å². The summed E-state index contributed by atoms with van der Waals surface area (Å²) in [5.74, 6) is -1.18. The van der Waals surface area contributed by atoms with Crippen LogP contribution in [0.4, 0.5) is 5.82 Å². The topological polar surface area (TPSA) is 132 Å². The van der Waals surface area contributed by atoms with Crippen LogP contribution in [0.2, 0.25) is 25.7 Å². The normalized spacial score (nSPS) is 17.6. The largest absolute Gasteiger partial charge is 0.481 e. The van der Waals surface area contributed by atoms with Gasteiger partial charge in [-0.3, -0.25) is 19.1 Å². The maximum absolute atomic E-state index is 12.8. The summed E-state index contributed by atoms with van der Waals surface area (Å²) in [5, 5.41) is 15.1. The second-order valence-corrected chi connectivity index (χ2v) is 17.4. The molecule has 0 spiro atoms. The first-order valence-electron chi connectivity index (χ1n) is 13.7. The van der Waals surface area contributed by atoms with Crippen molar-refractivity contribution in [2.24, 2.45) is 5.92 Å². The monoisotopic (exact) mass is 552 g/mol. The number of amides is 2. The Kier molecular flexibility index (Phi) is 7.67. The van der Waals surface area contributed by atoms with E-state index in [4.69, 9.17) is 9.84 Å². The van der Waals surface area contributed by atoms with Crippen molar-refractivity contribution in [1.82, 2.24) is 24.3 Å². The molecule has 4 heterocycles. The second-order valence-electron chi connectivity index (χ2n) is 11.8. The van der Waals surface area contributed by atoms with Crippen molar-refractivity contribution in [3.8, 4) is 11.3 Å². The van der Waals surface area contributed by atoms with Crippen molar-refractivity contribution in [3.63, 3.8) is 0 Å². The lowest BCUT2D eigenvalue weighted by molar-refractivity contribution is -0.138. The zero-order chi connectivity index (χ0) is 27.7. The first-order chi connectivity index (χ1) is 18.6. The summed E-state index contributed by atoms with van der Waals surface area (Å²) in [5.41, 5.74) is 1.72. The number of aromatic nitrogens is 5. The van der Waals surface area contributed by atoms with Crippen LogP contribution in [-0.4, -0.2) is 61.9 Å². The van der Waals surface area contributed by atoms with Crippen LogP contribution in [0.15, 0.2) is 24.8 Å². The molecule has 1 atom stereocenters. The predicted octanol–water partition coefficient (Wildman–Crippen LogP) is 4.47. The third kappa shape index (κ3) is 5.81. The number of carbonyl (C=O) groups excluding carboxylic acids is 2. The number of aliphatic carboxylic acids is 1. The molecular formula is C27H36N6O5Si. The molecule has 3 aromatic rings. The van der Waals surface area contributed by atoms with Gasteiger partial charge < -0.3 is 14.4 Å². The van der Waals surface area contributed by atoms with E-state index in [-0.39, 0.29) is 48.9 Å². The summed E-state index contributed by atoms with van der Waals surface area (Å²) >= 11 is 0. The molecule has 1 saturated carbocycles. The molecule has 1 aliphatic carbocycles. The number of hydrogen-bond donors (Lipinski definition) is 1. The summed E-state index contributed by atoms with van der Waals surface area (Å²) in [6.45, 7) is 7.95. The molecule has 0 radical (unpaired) electrons. The molecule has 39 heavy (non-hydrogen) atoms. The molecule has 5 rings (SSSR count). The molecule has 12 heteroatoms. The van der Waals surface area contributed by atoms with E-state index in [1.165, 1.54) is 6.33 Å². The first-order valence-corrected chi connectivity index (χ1v) is 17.4. The van der Waals surface area contributed by atoms with Crippen LogP contribution in [-0.2, 0) is 25.9 Å². The van der Waals surface area contributed by atoms with Gasteiger partial charge in [0.25, 0.3) is 0 Å². The quantitative estimate of drug-likeness (QED) is 0.209. The third-order valence-electron chi connectivity index (χ3n) is 7.68. The Hall–Kier alpha value is -3.38. The van der Waals surface area contributed by atoms with Gasteiger partial charge in [-0.1, -0.05) is 32.5 Å². The maximum Gasteiger partial charge on any atom is 0.305 e. The van der Waals surface area contributed by atoms with Crippen molar-refractivity contribution in [2.75, 3.05) is 11.5 Å². The summed E-state index contributed by atoms with van der Waals surface area (Å²) in [7, 11) is -1.21. The summed E-state index contributed by atoms with van der Waals surface area (Å²) in [6.07, 6.45) is 9.19. The second kappa shape index (κ2) is 11.0. The molecule has 3 aromatic heterocycles. The molecule has 0 aromatic carbocycles. The van der Waals surface area contributed by atoms with Crippen molar-refractivity contribution >= 4 is 42.7 Å². The lowest BCUT2D eigenvalue weighted by Crippen LogP contribution is -2.30. The highest BCUT2D eigenvalue weighted by Crippen LogP contribution is 2.40. The van der Waals surface area contributed by atoms with Crippen LogP contribution in [0.25, 0.3) is 22.3 Å². The average Bonchev–Trinajstić information content (AvgIpc) is 3.67. The highest BCUT2D eigenvalue weighted by atomic mass is 28.3. The highest BCUT2D eigenvalue weighted by Gasteiger charge is 2.37. The van der Waals surface area contributed by atoms with Gasteiger partial charge in [-0.25, -0.2) is 14.9 Å². The van der Waals surface area contributed by atoms with E-state index in [2.05, 4.69) is 29.6 Å². The van der Waals surface area contributed by atoms with Gasteiger partial charge in [0.2, 0.25) is 11.8 Å². The van der Waals surface area contributed by atoms with Crippen LogP contribution in [0.1, 0.15) is 51.0 Å². The van der Waals surface area contributed by atoms with Gasteiger partial charge in [0.05, 0.1) is 23.7 Å². The zero-order valence-electron chi connectivity index (χ0n) is 22.8. The van der Waals surface area contributed by atoms with E-state index in [0.717, 1.165) is 42.0 Å². The molecule has 1 N–H and O–H groups in total. The fraction of sp³-hybridized carbons (Fsp3) is 0.556. The standard InChI is InChI=1S/C27H36N6O5Si/c1-39(2,3)13-12-38-17-31-11-10-19-25(28-16-29-26(19)31)20-15-32(21(14-24(36)37)18-6-4-5-7-18)30-27(20)33-22(34)8-9-23(33)35/h10-11,15-16,18,21H,4-9,12-14,17H2,1-3H3,(H,36,37)/t21-/m1/s1. The predicted molar refractivity (Wildman–Crippen MR) is 148 cm³/mol.